The van der Waals surface area contributed by atoms with Crippen molar-refractivity contribution >= 4 is 21.6 Å². The molecule has 0 spiro atoms. The number of anilines is 1. The van der Waals surface area contributed by atoms with Crippen molar-refractivity contribution in [2.75, 3.05) is 31.3 Å². The number of carbonyl (C=O) groups is 1. The van der Waals surface area contributed by atoms with Gasteiger partial charge >= 0.3 is 0 Å². The summed E-state index contributed by atoms with van der Waals surface area (Å²) < 4.78 is 36.3. The second-order valence-electron chi connectivity index (χ2n) is 6.91. The van der Waals surface area contributed by atoms with Crippen molar-refractivity contribution in [1.82, 2.24) is 5.32 Å². The van der Waals surface area contributed by atoms with Crippen LogP contribution in [0.4, 0.5) is 5.69 Å². The maximum Gasteiger partial charge on any atom is 0.232 e. The summed E-state index contributed by atoms with van der Waals surface area (Å²) in [6.07, 6.45) is 2.49. The Hall–Kier alpha value is -2.74. The molecule has 8 heteroatoms. The molecule has 0 radical (unpaired) electrons. The van der Waals surface area contributed by atoms with E-state index in [1.54, 1.807) is 31.4 Å². The lowest BCUT2D eigenvalue weighted by Gasteiger charge is -2.24. The van der Waals surface area contributed by atoms with Crippen LogP contribution in [0.2, 0.25) is 0 Å². The van der Waals surface area contributed by atoms with Gasteiger partial charge in [0.25, 0.3) is 0 Å². The molecule has 1 amide bonds. The van der Waals surface area contributed by atoms with Gasteiger partial charge in [0.2, 0.25) is 15.9 Å². The minimum atomic E-state index is -3.52. The van der Waals surface area contributed by atoms with E-state index in [0.29, 0.717) is 17.9 Å². The highest BCUT2D eigenvalue weighted by Gasteiger charge is 2.21. The molecule has 0 aromatic heterocycles. The van der Waals surface area contributed by atoms with Crippen molar-refractivity contribution in [3.8, 4) is 11.5 Å². The molecule has 164 valence electrons. The first kappa shape index (κ1) is 23.5. The van der Waals surface area contributed by atoms with Crippen molar-refractivity contribution in [2.45, 2.75) is 32.2 Å². The van der Waals surface area contributed by atoms with Crippen LogP contribution in [0.5, 0.6) is 11.5 Å². The number of amides is 1. The monoisotopic (exact) mass is 434 g/mol. The highest BCUT2D eigenvalue weighted by atomic mass is 32.2. The maximum absolute atomic E-state index is 12.5. The highest BCUT2D eigenvalue weighted by Crippen LogP contribution is 2.29. The summed E-state index contributed by atoms with van der Waals surface area (Å²) in [5, 5.41) is 3.02. The SMILES string of the molecule is CC[C@H](NC(=O)CCCN(c1ccccc1OC)S(C)(=O)=O)c1ccc(OC)cc1. The zero-order valence-electron chi connectivity index (χ0n) is 17.9. The standard InChI is InChI=1S/C22H30N2O5S/c1-5-19(17-12-14-18(28-2)15-13-17)23-22(25)11-8-16-24(30(4,26)27)20-9-6-7-10-21(20)29-3/h6-7,9-10,12-15,19H,5,8,11,16H2,1-4H3,(H,23,25)/t19-/m0/s1. The topological polar surface area (TPSA) is 84.9 Å². The molecule has 30 heavy (non-hydrogen) atoms. The van der Waals surface area contributed by atoms with Gasteiger partial charge in [-0.1, -0.05) is 31.2 Å². The van der Waals surface area contributed by atoms with Crippen molar-refractivity contribution in [3.63, 3.8) is 0 Å². The first-order valence-electron chi connectivity index (χ1n) is 9.84. The van der Waals surface area contributed by atoms with E-state index in [-0.39, 0.29) is 24.9 Å². The van der Waals surface area contributed by atoms with Crippen LogP contribution in [0.1, 0.15) is 37.8 Å². The first-order chi connectivity index (χ1) is 14.3. The van der Waals surface area contributed by atoms with E-state index < -0.39 is 10.0 Å². The lowest BCUT2D eigenvalue weighted by molar-refractivity contribution is -0.121. The Bertz CT molecular complexity index is 929. The lowest BCUT2D eigenvalue weighted by atomic mass is 10.0. The second kappa shape index (κ2) is 10.9. The van der Waals surface area contributed by atoms with E-state index in [0.717, 1.165) is 24.0 Å². The van der Waals surface area contributed by atoms with Crippen LogP contribution in [0, 0.1) is 0 Å². The van der Waals surface area contributed by atoms with Gasteiger partial charge in [-0.25, -0.2) is 8.42 Å². The molecular formula is C22H30N2O5S. The van der Waals surface area contributed by atoms with Crippen molar-refractivity contribution < 1.29 is 22.7 Å². The average molecular weight is 435 g/mol. The summed E-state index contributed by atoms with van der Waals surface area (Å²) in [5.74, 6) is 1.11. The Balaban J connectivity index is 1.99. The first-order valence-corrected chi connectivity index (χ1v) is 11.7. The third kappa shape index (κ3) is 6.38. The Morgan fingerprint density at radius 1 is 1.07 bits per heavy atom. The molecule has 0 fully saturated rings. The minimum absolute atomic E-state index is 0.108. The van der Waals surface area contributed by atoms with E-state index in [1.807, 2.05) is 31.2 Å². The third-order valence-electron chi connectivity index (χ3n) is 4.78. The van der Waals surface area contributed by atoms with Crippen molar-refractivity contribution in [3.05, 3.63) is 54.1 Å². The van der Waals surface area contributed by atoms with Crippen LogP contribution in [0.3, 0.4) is 0 Å². The van der Waals surface area contributed by atoms with Gasteiger partial charge in [-0.15, -0.1) is 0 Å². The van der Waals surface area contributed by atoms with Gasteiger partial charge in [0.1, 0.15) is 11.5 Å². The molecule has 0 heterocycles. The number of methoxy groups -OCH3 is 2. The van der Waals surface area contributed by atoms with Crippen molar-refractivity contribution in [2.24, 2.45) is 0 Å². The van der Waals surface area contributed by atoms with E-state index >= 15 is 0 Å². The number of para-hydroxylation sites is 2. The zero-order valence-corrected chi connectivity index (χ0v) is 18.7. The number of benzene rings is 2. The molecule has 7 nitrogen and oxygen atoms in total. The van der Waals surface area contributed by atoms with Gasteiger partial charge in [-0.3, -0.25) is 9.10 Å². The largest absolute Gasteiger partial charge is 0.497 e. The Labute approximate surface area is 179 Å². The molecule has 0 saturated carbocycles. The van der Waals surface area contributed by atoms with Gasteiger partial charge in [-0.2, -0.15) is 0 Å². The molecule has 0 saturated heterocycles. The van der Waals surface area contributed by atoms with Gasteiger partial charge in [0.15, 0.2) is 0 Å². The van der Waals surface area contributed by atoms with Crippen LogP contribution >= 0.6 is 0 Å². The molecule has 2 rings (SSSR count). The van der Waals surface area contributed by atoms with Gasteiger partial charge < -0.3 is 14.8 Å². The summed E-state index contributed by atoms with van der Waals surface area (Å²) in [4.78, 5) is 12.5. The zero-order chi connectivity index (χ0) is 22.1. The fourth-order valence-corrected chi connectivity index (χ4v) is 4.18. The van der Waals surface area contributed by atoms with E-state index in [9.17, 15) is 13.2 Å². The molecule has 0 aliphatic heterocycles. The molecule has 0 aliphatic rings. The summed E-state index contributed by atoms with van der Waals surface area (Å²) >= 11 is 0. The molecule has 0 aliphatic carbocycles. The smallest absolute Gasteiger partial charge is 0.232 e. The number of carbonyl (C=O) groups excluding carboxylic acids is 1. The fourth-order valence-electron chi connectivity index (χ4n) is 3.21. The predicted molar refractivity (Wildman–Crippen MR) is 119 cm³/mol. The molecule has 1 N–H and O–H groups in total. The van der Waals surface area contributed by atoms with Crippen LogP contribution in [-0.4, -0.2) is 41.3 Å². The number of hydrogen-bond donors (Lipinski definition) is 1. The highest BCUT2D eigenvalue weighted by molar-refractivity contribution is 7.92. The minimum Gasteiger partial charge on any atom is -0.497 e. The Morgan fingerprint density at radius 3 is 2.30 bits per heavy atom. The van der Waals surface area contributed by atoms with Gasteiger partial charge in [0.05, 0.1) is 32.2 Å². The van der Waals surface area contributed by atoms with E-state index in [2.05, 4.69) is 5.32 Å². The summed E-state index contributed by atoms with van der Waals surface area (Å²) in [6, 6.07) is 14.4. The molecule has 0 unspecified atom stereocenters. The van der Waals surface area contributed by atoms with Crippen LogP contribution in [0.25, 0.3) is 0 Å². The summed E-state index contributed by atoms with van der Waals surface area (Å²) in [7, 11) is -0.409. The average Bonchev–Trinajstić information content (AvgIpc) is 2.74. The van der Waals surface area contributed by atoms with Crippen molar-refractivity contribution in [1.29, 1.82) is 0 Å². The number of nitrogens with one attached hydrogen (secondary N) is 1. The van der Waals surface area contributed by atoms with E-state index in [1.165, 1.54) is 11.4 Å². The maximum atomic E-state index is 12.5. The number of hydrogen-bond acceptors (Lipinski definition) is 5. The van der Waals surface area contributed by atoms with Gasteiger partial charge in [0, 0.05) is 13.0 Å². The lowest BCUT2D eigenvalue weighted by Crippen LogP contribution is -2.33. The molecule has 2 aromatic rings. The number of ether oxygens (including phenoxy) is 2. The molecular weight excluding hydrogens is 404 g/mol. The number of sulfonamides is 1. The molecule has 1 atom stereocenters. The Morgan fingerprint density at radius 2 is 1.73 bits per heavy atom. The third-order valence-corrected chi connectivity index (χ3v) is 5.96. The van der Waals surface area contributed by atoms with Crippen LogP contribution in [0.15, 0.2) is 48.5 Å². The van der Waals surface area contributed by atoms with Crippen LogP contribution in [-0.2, 0) is 14.8 Å². The van der Waals surface area contributed by atoms with E-state index in [4.69, 9.17) is 9.47 Å². The number of nitrogens with zero attached hydrogens (tertiary/aromatic N) is 1. The molecule has 0 bridgehead atoms. The predicted octanol–water partition coefficient (Wildman–Crippen LogP) is 3.52. The Kier molecular flexibility index (Phi) is 8.53. The number of rotatable bonds is 11. The summed E-state index contributed by atoms with van der Waals surface area (Å²) in [6.45, 7) is 2.19. The quantitative estimate of drug-likeness (QED) is 0.585. The summed E-state index contributed by atoms with van der Waals surface area (Å²) in [5.41, 5.74) is 1.46. The van der Waals surface area contributed by atoms with Gasteiger partial charge in [-0.05, 0) is 42.7 Å². The normalized spacial score (nSPS) is 12.1. The van der Waals surface area contributed by atoms with Crippen LogP contribution < -0.4 is 19.1 Å². The second-order valence-corrected chi connectivity index (χ2v) is 8.82. The fraction of sp³-hybridized carbons (Fsp3) is 0.409. The molecule has 2 aromatic carbocycles.